The Kier molecular flexibility index (Phi) is 2.94. The third kappa shape index (κ3) is 2.08. The highest BCUT2D eigenvalue weighted by Gasteiger charge is 2.24. The van der Waals surface area contributed by atoms with Crippen molar-refractivity contribution in [3.8, 4) is 11.5 Å². The molecule has 0 aromatic heterocycles. The van der Waals surface area contributed by atoms with Gasteiger partial charge in [-0.2, -0.15) is 0 Å². The number of rotatable bonds is 1. The van der Waals surface area contributed by atoms with Gasteiger partial charge in [-0.15, -0.1) is 11.8 Å². The molecule has 2 aliphatic rings. The average Bonchev–Trinajstić information content (AvgIpc) is 2.81. The smallest absolute Gasteiger partial charge is 0.257 e. The number of hydrogen-bond acceptors (Lipinski definition) is 5. The molecule has 0 fully saturated rings. The van der Waals surface area contributed by atoms with E-state index in [1.54, 1.807) is 25.3 Å². The molecule has 0 saturated heterocycles. The van der Waals surface area contributed by atoms with Gasteiger partial charge in [0.1, 0.15) is 0 Å². The average molecular weight is 277 g/mol. The lowest BCUT2D eigenvalue weighted by molar-refractivity contribution is -0.116. The maximum Gasteiger partial charge on any atom is 0.257 e. The number of amides is 1. The highest BCUT2D eigenvalue weighted by atomic mass is 32.2. The van der Waals surface area contributed by atoms with Crippen LogP contribution in [0.15, 0.2) is 17.0 Å². The maximum absolute atomic E-state index is 12.1. The predicted molar refractivity (Wildman–Crippen MR) is 71.4 cm³/mol. The van der Waals surface area contributed by atoms with Crippen LogP contribution >= 0.6 is 11.8 Å². The van der Waals surface area contributed by atoms with Gasteiger partial charge in [0, 0.05) is 12.6 Å². The van der Waals surface area contributed by atoms with E-state index in [1.807, 2.05) is 0 Å². The second-order valence-electron chi connectivity index (χ2n) is 4.09. The second kappa shape index (κ2) is 4.62. The van der Waals surface area contributed by atoms with Crippen LogP contribution in [0.1, 0.15) is 15.9 Å². The summed E-state index contributed by atoms with van der Waals surface area (Å²) in [5.74, 6) is 1.21. The van der Waals surface area contributed by atoms with E-state index in [9.17, 15) is 9.59 Å². The lowest BCUT2D eigenvalue weighted by atomic mass is 10.0. The zero-order valence-corrected chi connectivity index (χ0v) is 11.0. The quantitative estimate of drug-likeness (QED) is 0.841. The Morgan fingerprint density at radius 2 is 2.05 bits per heavy atom. The Bertz CT molecular complexity index is 609. The van der Waals surface area contributed by atoms with E-state index in [0.29, 0.717) is 27.5 Å². The SMILES string of the molecule is CNC(=O)C1=Cc2cc3c(cc2C(=O)CS1)OCO3. The number of ketones is 1. The molecular weight excluding hydrogens is 266 g/mol. The Morgan fingerprint density at radius 1 is 1.32 bits per heavy atom. The number of Topliss-reactive ketones (excluding diaryl/α,β-unsaturated/α-hetero) is 1. The molecule has 2 heterocycles. The van der Waals surface area contributed by atoms with Crippen LogP contribution < -0.4 is 14.8 Å². The largest absolute Gasteiger partial charge is 0.454 e. The number of nitrogens with one attached hydrogen (secondary N) is 1. The fraction of sp³-hybridized carbons (Fsp3) is 0.231. The van der Waals surface area contributed by atoms with Crippen LogP contribution in [-0.2, 0) is 4.79 Å². The first-order chi connectivity index (χ1) is 9.19. The number of fused-ring (bicyclic) bond motifs is 2. The van der Waals surface area contributed by atoms with Gasteiger partial charge in [-0.25, -0.2) is 0 Å². The summed E-state index contributed by atoms with van der Waals surface area (Å²) in [6.45, 7) is 0.160. The Labute approximate surface area is 114 Å². The second-order valence-corrected chi connectivity index (χ2v) is 5.11. The van der Waals surface area contributed by atoms with E-state index < -0.39 is 0 Å². The van der Waals surface area contributed by atoms with Crippen molar-refractivity contribution >= 4 is 29.5 Å². The summed E-state index contributed by atoms with van der Waals surface area (Å²) in [6.07, 6.45) is 1.71. The fourth-order valence-electron chi connectivity index (χ4n) is 1.98. The molecule has 2 aliphatic heterocycles. The standard InChI is InChI=1S/C13H11NO4S/c1-14-13(16)12-3-7-2-10-11(18-6-17-10)4-8(7)9(15)5-19-12/h2-4H,5-6H2,1H3,(H,14,16). The number of carbonyl (C=O) groups excluding carboxylic acids is 2. The van der Waals surface area contributed by atoms with E-state index in [-0.39, 0.29) is 24.2 Å². The predicted octanol–water partition coefficient (Wildman–Crippen LogP) is 1.43. The lowest BCUT2D eigenvalue weighted by Gasteiger charge is -2.04. The molecule has 0 atom stereocenters. The molecule has 1 amide bonds. The monoisotopic (exact) mass is 277 g/mol. The number of carbonyl (C=O) groups is 2. The summed E-state index contributed by atoms with van der Waals surface area (Å²) in [5, 5.41) is 2.57. The summed E-state index contributed by atoms with van der Waals surface area (Å²) < 4.78 is 10.6. The molecule has 1 N–H and O–H groups in total. The first kappa shape index (κ1) is 12.1. The number of ether oxygens (including phenoxy) is 2. The molecule has 1 aromatic carbocycles. The number of hydrogen-bond donors (Lipinski definition) is 1. The number of likely N-dealkylation sites (N-methyl/N-ethyl adjacent to an activating group) is 1. The number of thioether (sulfide) groups is 1. The first-order valence-electron chi connectivity index (χ1n) is 5.72. The summed E-state index contributed by atoms with van der Waals surface area (Å²) >= 11 is 1.24. The first-order valence-corrected chi connectivity index (χ1v) is 6.71. The van der Waals surface area contributed by atoms with Crippen LogP contribution in [0.25, 0.3) is 6.08 Å². The van der Waals surface area contributed by atoms with Crippen molar-refractivity contribution in [2.45, 2.75) is 0 Å². The molecule has 6 heteroatoms. The van der Waals surface area contributed by atoms with Gasteiger partial charge in [0.2, 0.25) is 6.79 Å². The summed E-state index contributed by atoms with van der Waals surface area (Å²) in [4.78, 5) is 24.3. The zero-order valence-electron chi connectivity index (χ0n) is 10.2. The van der Waals surface area contributed by atoms with Gasteiger partial charge in [0.15, 0.2) is 17.3 Å². The van der Waals surface area contributed by atoms with Gasteiger partial charge in [-0.1, -0.05) is 0 Å². The molecular formula is C13H11NO4S. The van der Waals surface area contributed by atoms with Crippen molar-refractivity contribution in [2.75, 3.05) is 19.6 Å². The van der Waals surface area contributed by atoms with Crippen LogP contribution in [0.2, 0.25) is 0 Å². The Morgan fingerprint density at radius 3 is 2.79 bits per heavy atom. The molecule has 0 saturated carbocycles. The fourth-order valence-corrected chi connectivity index (χ4v) is 2.86. The van der Waals surface area contributed by atoms with Crippen molar-refractivity contribution < 1.29 is 19.1 Å². The lowest BCUT2D eigenvalue weighted by Crippen LogP contribution is -2.18. The van der Waals surface area contributed by atoms with Gasteiger partial charge < -0.3 is 14.8 Å². The Balaban J connectivity index is 2.11. The molecule has 19 heavy (non-hydrogen) atoms. The van der Waals surface area contributed by atoms with E-state index in [4.69, 9.17) is 9.47 Å². The molecule has 5 nitrogen and oxygen atoms in total. The van der Waals surface area contributed by atoms with Gasteiger partial charge in [0.05, 0.1) is 10.7 Å². The number of benzene rings is 1. The van der Waals surface area contributed by atoms with Gasteiger partial charge in [-0.3, -0.25) is 9.59 Å². The van der Waals surface area contributed by atoms with Crippen LogP contribution in [0.4, 0.5) is 0 Å². The topological polar surface area (TPSA) is 64.6 Å². The normalized spacial score (nSPS) is 16.5. The molecule has 1 aromatic rings. The van der Waals surface area contributed by atoms with Crippen molar-refractivity contribution in [2.24, 2.45) is 0 Å². The van der Waals surface area contributed by atoms with Gasteiger partial charge in [-0.05, 0) is 23.8 Å². The molecule has 0 radical (unpaired) electrons. The van der Waals surface area contributed by atoms with Gasteiger partial charge >= 0.3 is 0 Å². The molecule has 0 unspecified atom stereocenters. The maximum atomic E-state index is 12.1. The summed E-state index contributed by atoms with van der Waals surface area (Å²) in [6, 6.07) is 3.42. The van der Waals surface area contributed by atoms with Crippen molar-refractivity contribution in [3.05, 3.63) is 28.2 Å². The summed E-state index contributed by atoms with van der Waals surface area (Å²) in [5.41, 5.74) is 1.26. The van der Waals surface area contributed by atoms with Crippen molar-refractivity contribution in [1.29, 1.82) is 0 Å². The third-order valence-corrected chi connectivity index (χ3v) is 3.96. The molecule has 98 valence electrons. The highest BCUT2D eigenvalue weighted by molar-refractivity contribution is 8.04. The van der Waals surface area contributed by atoms with Crippen molar-refractivity contribution in [3.63, 3.8) is 0 Å². The van der Waals surface area contributed by atoms with E-state index in [2.05, 4.69) is 5.32 Å². The van der Waals surface area contributed by atoms with Crippen LogP contribution in [0.3, 0.4) is 0 Å². The zero-order chi connectivity index (χ0) is 13.4. The molecule has 3 rings (SSSR count). The molecule has 0 spiro atoms. The Hall–Kier alpha value is -1.95. The van der Waals surface area contributed by atoms with Crippen LogP contribution in [0, 0.1) is 0 Å². The van der Waals surface area contributed by atoms with Crippen LogP contribution in [-0.4, -0.2) is 31.3 Å². The van der Waals surface area contributed by atoms with E-state index in [1.165, 1.54) is 11.8 Å². The summed E-state index contributed by atoms with van der Waals surface area (Å²) in [7, 11) is 1.57. The van der Waals surface area contributed by atoms with Crippen LogP contribution in [0.5, 0.6) is 11.5 Å². The minimum Gasteiger partial charge on any atom is -0.454 e. The minimum atomic E-state index is -0.191. The minimum absolute atomic E-state index is 0.0200. The van der Waals surface area contributed by atoms with Crippen molar-refractivity contribution in [1.82, 2.24) is 5.32 Å². The molecule has 0 bridgehead atoms. The van der Waals surface area contributed by atoms with Gasteiger partial charge in [0.25, 0.3) is 5.91 Å². The highest BCUT2D eigenvalue weighted by Crippen LogP contribution is 2.38. The molecule has 0 aliphatic carbocycles. The van der Waals surface area contributed by atoms with E-state index >= 15 is 0 Å². The van der Waals surface area contributed by atoms with E-state index in [0.717, 1.165) is 0 Å². The third-order valence-electron chi connectivity index (χ3n) is 2.94.